The summed E-state index contributed by atoms with van der Waals surface area (Å²) in [5.41, 5.74) is 16.3. The van der Waals surface area contributed by atoms with Crippen molar-refractivity contribution in [2.45, 2.75) is 0 Å². The Morgan fingerprint density at radius 1 is 0.792 bits per heavy atom. The smallest absolute Gasteiger partial charge is 0.337 e. The van der Waals surface area contributed by atoms with Gasteiger partial charge in [-0.1, -0.05) is 46.4 Å². The number of amides is 1. The number of rotatable bonds is 2. The first-order valence-electron chi connectivity index (χ1n) is 6.08. The first kappa shape index (κ1) is 20.2. The van der Waals surface area contributed by atoms with Gasteiger partial charge in [-0.05, 0) is 24.3 Å². The van der Waals surface area contributed by atoms with E-state index < -0.39 is 11.9 Å². The average Bonchev–Trinajstić information content (AvgIpc) is 2.50. The minimum Gasteiger partial charge on any atom is -0.478 e. The van der Waals surface area contributed by atoms with Crippen molar-refractivity contribution in [3.05, 3.63) is 55.5 Å². The molecule has 7 N–H and O–H groups in total. The number of halogens is 4. The van der Waals surface area contributed by atoms with Gasteiger partial charge in [0.25, 0.3) is 0 Å². The van der Waals surface area contributed by atoms with Gasteiger partial charge in [0.05, 0.1) is 42.6 Å². The van der Waals surface area contributed by atoms with E-state index in [9.17, 15) is 9.59 Å². The molecular formula is C14H11Cl4N3O3. The molecule has 0 radical (unpaired) electrons. The van der Waals surface area contributed by atoms with Crippen LogP contribution in [0.5, 0.6) is 0 Å². The molecule has 0 fully saturated rings. The first-order chi connectivity index (χ1) is 11.1. The minimum absolute atomic E-state index is 0.0185. The van der Waals surface area contributed by atoms with E-state index in [0.717, 1.165) is 0 Å². The molecule has 2 rings (SSSR count). The van der Waals surface area contributed by atoms with E-state index in [0.29, 0.717) is 5.02 Å². The zero-order chi connectivity index (χ0) is 18.6. The number of hydrogen-bond acceptors (Lipinski definition) is 4. The third-order valence-electron chi connectivity index (χ3n) is 2.75. The highest BCUT2D eigenvalue weighted by atomic mass is 35.5. The highest BCUT2D eigenvalue weighted by molar-refractivity contribution is 6.41. The van der Waals surface area contributed by atoms with Gasteiger partial charge in [-0.2, -0.15) is 0 Å². The number of primary amides is 1. The number of hydrogen-bond donors (Lipinski definition) is 4. The normalized spacial score (nSPS) is 9.83. The Bertz CT molecular complexity index is 745. The predicted molar refractivity (Wildman–Crippen MR) is 97.2 cm³/mol. The molecule has 10 heteroatoms. The molecule has 0 aliphatic carbocycles. The van der Waals surface area contributed by atoms with E-state index in [1.165, 1.54) is 24.3 Å². The molecule has 0 aliphatic heterocycles. The van der Waals surface area contributed by atoms with Gasteiger partial charge in [-0.3, -0.25) is 4.79 Å². The standard InChI is InChI=1S/C7H6Cl2N2O.C7H5Cl2NO2/c2*8-4-2-1-3(7(11)12)5(9)6(4)10/h1-2H,10H2,(H2,11,12);1-2H,10H2,(H,11,12). The third-order valence-corrected chi connectivity index (χ3v) is 4.22. The molecule has 0 saturated carbocycles. The van der Waals surface area contributed by atoms with Crippen LogP contribution >= 0.6 is 46.4 Å². The van der Waals surface area contributed by atoms with Crippen molar-refractivity contribution in [1.29, 1.82) is 0 Å². The number of carboxylic acid groups (broad SMARTS) is 1. The molecule has 24 heavy (non-hydrogen) atoms. The van der Waals surface area contributed by atoms with E-state index in [4.69, 9.17) is 68.7 Å². The van der Waals surface area contributed by atoms with Crippen LogP contribution in [0.3, 0.4) is 0 Å². The minimum atomic E-state index is -1.12. The van der Waals surface area contributed by atoms with Crippen LogP contribution in [0.15, 0.2) is 24.3 Å². The number of anilines is 2. The van der Waals surface area contributed by atoms with Crippen molar-refractivity contribution >= 4 is 69.7 Å². The van der Waals surface area contributed by atoms with Gasteiger partial charge in [-0.15, -0.1) is 0 Å². The largest absolute Gasteiger partial charge is 0.478 e. The molecule has 0 spiro atoms. The second-order valence-corrected chi connectivity index (χ2v) is 5.88. The van der Waals surface area contributed by atoms with Crippen LogP contribution in [0.4, 0.5) is 11.4 Å². The Hall–Kier alpha value is -1.86. The van der Waals surface area contributed by atoms with E-state index in [1.54, 1.807) is 0 Å². The summed E-state index contributed by atoms with van der Waals surface area (Å²) in [4.78, 5) is 21.2. The number of benzene rings is 2. The fourth-order valence-electron chi connectivity index (χ4n) is 1.49. The van der Waals surface area contributed by atoms with Crippen molar-refractivity contribution < 1.29 is 14.7 Å². The predicted octanol–water partition coefficient (Wildman–Crippen LogP) is 3.95. The van der Waals surface area contributed by atoms with E-state index in [2.05, 4.69) is 0 Å². The van der Waals surface area contributed by atoms with Crippen LogP contribution in [0.2, 0.25) is 20.1 Å². The number of nitrogen functional groups attached to an aromatic ring is 2. The van der Waals surface area contributed by atoms with Crippen molar-refractivity contribution in [3.63, 3.8) is 0 Å². The van der Waals surface area contributed by atoms with Crippen LogP contribution in [0.25, 0.3) is 0 Å². The Morgan fingerprint density at radius 2 is 1.17 bits per heavy atom. The van der Waals surface area contributed by atoms with Crippen molar-refractivity contribution in [2.75, 3.05) is 11.5 Å². The van der Waals surface area contributed by atoms with Gasteiger partial charge in [0.15, 0.2) is 0 Å². The van der Waals surface area contributed by atoms with Crippen LogP contribution in [-0.2, 0) is 0 Å². The van der Waals surface area contributed by atoms with Crippen molar-refractivity contribution in [3.8, 4) is 0 Å². The van der Waals surface area contributed by atoms with Crippen molar-refractivity contribution in [2.24, 2.45) is 5.73 Å². The number of carbonyl (C=O) groups is 2. The highest BCUT2D eigenvalue weighted by Gasteiger charge is 2.12. The van der Waals surface area contributed by atoms with Gasteiger partial charge in [0, 0.05) is 0 Å². The molecule has 0 saturated heterocycles. The Labute approximate surface area is 157 Å². The summed E-state index contributed by atoms with van der Waals surface area (Å²) in [5.74, 6) is -1.74. The molecule has 0 atom stereocenters. The number of carboxylic acids is 1. The van der Waals surface area contributed by atoms with Crippen LogP contribution in [0, 0.1) is 0 Å². The lowest BCUT2D eigenvalue weighted by Crippen LogP contribution is -2.12. The zero-order valence-electron chi connectivity index (χ0n) is 11.8. The second kappa shape index (κ2) is 8.30. The molecule has 0 heterocycles. The lowest BCUT2D eigenvalue weighted by atomic mass is 10.2. The fraction of sp³-hybridized carbons (Fsp3) is 0. The topological polar surface area (TPSA) is 132 Å². The van der Waals surface area contributed by atoms with Gasteiger partial charge in [0.2, 0.25) is 5.91 Å². The quantitative estimate of drug-likeness (QED) is 0.556. The second-order valence-electron chi connectivity index (χ2n) is 4.31. The molecule has 2 aromatic rings. The molecule has 0 bridgehead atoms. The van der Waals surface area contributed by atoms with Crippen LogP contribution in [0.1, 0.15) is 20.7 Å². The summed E-state index contributed by atoms with van der Waals surface area (Å²) >= 11 is 22.5. The molecule has 2 aromatic carbocycles. The van der Waals surface area contributed by atoms with Gasteiger partial charge < -0.3 is 22.3 Å². The maximum Gasteiger partial charge on any atom is 0.337 e. The van der Waals surface area contributed by atoms with Gasteiger partial charge >= 0.3 is 5.97 Å². The lowest BCUT2D eigenvalue weighted by molar-refractivity contribution is 0.0697. The number of nitrogens with two attached hydrogens (primary N) is 3. The van der Waals surface area contributed by atoms with E-state index in [1.807, 2.05) is 0 Å². The molecule has 128 valence electrons. The Kier molecular flexibility index (Phi) is 6.98. The van der Waals surface area contributed by atoms with Crippen molar-refractivity contribution in [1.82, 2.24) is 0 Å². The summed E-state index contributed by atoms with van der Waals surface area (Å²) in [6, 6.07) is 5.61. The lowest BCUT2D eigenvalue weighted by Gasteiger charge is -2.03. The van der Waals surface area contributed by atoms with Crippen LogP contribution < -0.4 is 17.2 Å². The molecule has 0 aromatic heterocycles. The van der Waals surface area contributed by atoms with E-state index >= 15 is 0 Å². The Balaban J connectivity index is 0.000000240. The van der Waals surface area contributed by atoms with E-state index in [-0.39, 0.29) is 37.6 Å². The molecule has 6 nitrogen and oxygen atoms in total. The SMILES string of the molecule is NC(=O)c1ccc(Cl)c(N)c1Cl.Nc1c(Cl)ccc(C(=O)O)c1Cl. The molecule has 0 aliphatic rings. The number of carbonyl (C=O) groups excluding carboxylic acids is 1. The summed E-state index contributed by atoms with van der Waals surface area (Å²) in [7, 11) is 0. The first-order valence-corrected chi connectivity index (χ1v) is 7.59. The molecule has 0 unspecified atom stereocenters. The summed E-state index contributed by atoms with van der Waals surface area (Å²) < 4.78 is 0. The molecular weight excluding hydrogens is 400 g/mol. The average molecular weight is 411 g/mol. The summed E-state index contributed by atoms with van der Waals surface area (Å²) in [5, 5.41) is 9.25. The maximum absolute atomic E-state index is 10.7. The Morgan fingerprint density at radius 3 is 1.54 bits per heavy atom. The zero-order valence-corrected chi connectivity index (χ0v) is 14.8. The summed E-state index contributed by atoms with van der Waals surface area (Å²) in [6.07, 6.45) is 0. The van der Waals surface area contributed by atoms with Gasteiger partial charge in [0.1, 0.15) is 0 Å². The fourth-order valence-corrected chi connectivity index (χ4v) is 2.41. The van der Waals surface area contributed by atoms with Crippen LogP contribution in [-0.4, -0.2) is 17.0 Å². The maximum atomic E-state index is 10.7. The summed E-state index contributed by atoms with van der Waals surface area (Å²) in [6.45, 7) is 0. The monoisotopic (exact) mass is 409 g/mol. The molecule has 1 amide bonds. The highest BCUT2D eigenvalue weighted by Crippen LogP contribution is 2.30. The third kappa shape index (κ3) is 4.58. The number of aromatic carboxylic acids is 1. The van der Waals surface area contributed by atoms with Gasteiger partial charge in [-0.25, -0.2) is 4.79 Å².